The summed E-state index contributed by atoms with van der Waals surface area (Å²) in [6.45, 7) is 0.893. The summed E-state index contributed by atoms with van der Waals surface area (Å²) >= 11 is 0. The molecule has 108 valence electrons. The molecule has 0 unspecified atom stereocenters. The van der Waals surface area contributed by atoms with Crippen LogP contribution in [-0.2, 0) is 4.79 Å². The zero-order valence-corrected chi connectivity index (χ0v) is 11.5. The summed E-state index contributed by atoms with van der Waals surface area (Å²) in [6.07, 6.45) is 3.06. The van der Waals surface area contributed by atoms with E-state index < -0.39 is 11.9 Å². The second-order valence-electron chi connectivity index (χ2n) is 5.30. The van der Waals surface area contributed by atoms with Crippen LogP contribution in [0.1, 0.15) is 23.2 Å². The number of hydrogen-bond acceptors (Lipinski definition) is 3. The van der Waals surface area contributed by atoms with Crippen LogP contribution in [0.3, 0.4) is 0 Å². The maximum Gasteiger partial charge on any atom is 0.308 e. The quantitative estimate of drug-likeness (QED) is 0.917. The molecule has 5 heteroatoms. The van der Waals surface area contributed by atoms with Crippen molar-refractivity contribution >= 4 is 22.8 Å². The van der Waals surface area contributed by atoms with Crippen molar-refractivity contribution in [2.45, 2.75) is 12.8 Å². The third-order valence-electron chi connectivity index (χ3n) is 3.93. The molecule has 5 nitrogen and oxygen atoms in total. The molecule has 1 fully saturated rings. The Balaban J connectivity index is 1.92. The number of benzene rings is 1. The summed E-state index contributed by atoms with van der Waals surface area (Å²) < 4.78 is 0. The zero-order valence-electron chi connectivity index (χ0n) is 11.5. The first-order valence-electron chi connectivity index (χ1n) is 7.02. The number of carboxylic acids is 1. The SMILES string of the molecule is O=C(O)[C@H]1CCCN(C(=O)c2cccc3ncccc23)C1. The molecule has 1 N–H and O–H groups in total. The van der Waals surface area contributed by atoms with E-state index in [4.69, 9.17) is 5.11 Å². The second-order valence-corrected chi connectivity index (χ2v) is 5.30. The van der Waals surface area contributed by atoms with Crippen LogP contribution in [0.4, 0.5) is 0 Å². The smallest absolute Gasteiger partial charge is 0.308 e. The Hall–Kier alpha value is -2.43. The fourth-order valence-electron chi connectivity index (χ4n) is 2.82. The minimum absolute atomic E-state index is 0.112. The van der Waals surface area contributed by atoms with Crippen molar-refractivity contribution in [1.29, 1.82) is 0 Å². The molecule has 1 aliphatic heterocycles. The molecular weight excluding hydrogens is 268 g/mol. The van der Waals surface area contributed by atoms with Gasteiger partial charge in [0.15, 0.2) is 0 Å². The molecule has 1 saturated heterocycles. The van der Waals surface area contributed by atoms with Crippen molar-refractivity contribution in [2.24, 2.45) is 5.92 Å². The van der Waals surface area contributed by atoms with E-state index in [0.717, 1.165) is 17.3 Å². The van der Waals surface area contributed by atoms with E-state index >= 15 is 0 Å². The van der Waals surface area contributed by atoms with Gasteiger partial charge in [-0.2, -0.15) is 0 Å². The Bertz CT molecular complexity index is 693. The van der Waals surface area contributed by atoms with Gasteiger partial charge < -0.3 is 10.0 Å². The predicted octanol–water partition coefficient (Wildman–Crippen LogP) is 2.17. The maximum absolute atomic E-state index is 12.7. The molecule has 2 aromatic rings. The van der Waals surface area contributed by atoms with Gasteiger partial charge in [-0.3, -0.25) is 14.6 Å². The van der Waals surface area contributed by atoms with Gasteiger partial charge >= 0.3 is 5.97 Å². The lowest BCUT2D eigenvalue weighted by molar-refractivity contribution is -0.143. The molecule has 0 bridgehead atoms. The van der Waals surface area contributed by atoms with Crippen LogP contribution in [-0.4, -0.2) is 40.0 Å². The van der Waals surface area contributed by atoms with Crippen LogP contribution >= 0.6 is 0 Å². The highest BCUT2D eigenvalue weighted by Gasteiger charge is 2.29. The van der Waals surface area contributed by atoms with Crippen molar-refractivity contribution < 1.29 is 14.7 Å². The number of likely N-dealkylation sites (tertiary alicyclic amines) is 1. The van der Waals surface area contributed by atoms with Gasteiger partial charge in [-0.1, -0.05) is 12.1 Å². The Morgan fingerprint density at radius 2 is 2.10 bits per heavy atom. The summed E-state index contributed by atoms with van der Waals surface area (Å²) in [4.78, 5) is 29.7. The number of pyridine rings is 1. The van der Waals surface area contributed by atoms with E-state index in [2.05, 4.69) is 4.98 Å². The third-order valence-corrected chi connectivity index (χ3v) is 3.93. The lowest BCUT2D eigenvalue weighted by Gasteiger charge is -2.31. The lowest BCUT2D eigenvalue weighted by Crippen LogP contribution is -2.42. The predicted molar refractivity (Wildman–Crippen MR) is 78.0 cm³/mol. The van der Waals surface area contributed by atoms with E-state index in [0.29, 0.717) is 18.5 Å². The molecule has 0 spiro atoms. The summed E-state index contributed by atoms with van der Waals surface area (Å²) in [5.41, 5.74) is 1.36. The number of rotatable bonds is 2. The number of carbonyl (C=O) groups is 2. The molecule has 0 saturated carbocycles. The van der Waals surface area contributed by atoms with Gasteiger partial charge in [0.1, 0.15) is 0 Å². The molecule has 0 aliphatic carbocycles. The summed E-state index contributed by atoms with van der Waals surface area (Å²) in [7, 11) is 0. The maximum atomic E-state index is 12.7. The van der Waals surface area contributed by atoms with Crippen molar-refractivity contribution in [2.75, 3.05) is 13.1 Å². The fraction of sp³-hybridized carbons (Fsp3) is 0.312. The molecule has 1 amide bonds. The van der Waals surface area contributed by atoms with E-state index in [1.807, 2.05) is 12.1 Å². The third kappa shape index (κ3) is 2.59. The van der Waals surface area contributed by atoms with Crippen LogP contribution in [0.5, 0.6) is 0 Å². The monoisotopic (exact) mass is 284 g/mol. The van der Waals surface area contributed by atoms with Gasteiger partial charge in [0.25, 0.3) is 5.91 Å². The van der Waals surface area contributed by atoms with E-state index in [1.165, 1.54) is 0 Å². The van der Waals surface area contributed by atoms with Crippen molar-refractivity contribution in [1.82, 2.24) is 9.88 Å². The minimum atomic E-state index is -0.827. The highest BCUT2D eigenvalue weighted by molar-refractivity contribution is 6.06. The molecule has 2 heterocycles. The van der Waals surface area contributed by atoms with Crippen LogP contribution in [0.2, 0.25) is 0 Å². The number of aliphatic carboxylic acids is 1. The van der Waals surface area contributed by atoms with Crippen LogP contribution in [0.15, 0.2) is 36.5 Å². The summed E-state index contributed by atoms with van der Waals surface area (Å²) in [5.74, 6) is -1.40. The van der Waals surface area contributed by atoms with Gasteiger partial charge in [0, 0.05) is 30.2 Å². The Kier molecular flexibility index (Phi) is 3.56. The molecule has 1 aromatic heterocycles. The van der Waals surface area contributed by atoms with Gasteiger partial charge in [0.2, 0.25) is 0 Å². The van der Waals surface area contributed by atoms with Gasteiger partial charge in [-0.15, -0.1) is 0 Å². The van der Waals surface area contributed by atoms with Gasteiger partial charge in [0.05, 0.1) is 11.4 Å². The van der Waals surface area contributed by atoms with Gasteiger partial charge in [-0.25, -0.2) is 0 Å². The highest BCUT2D eigenvalue weighted by Crippen LogP contribution is 2.22. The number of aromatic nitrogens is 1. The highest BCUT2D eigenvalue weighted by atomic mass is 16.4. The average molecular weight is 284 g/mol. The number of carbonyl (C=O) groups excluding carboxylic acids is 1. The van der Waals surface area contributed by atoms with Crippen molar-refractivity contribution in [3.05, 3.63) is 42.1 Å². The number of amides is 1. The number of hydrogen-bond donors (Lipinski definition) is 1. The lowest BCUT2D eigenvalue weighted by atomic mass is 9.97. The summed E-state index contributed by atoms with van der Waals surface area (Å²) in [5, 5.41) is 9.94. The topological polar surface area (TPSA) is 70.5 Å². The van der Waals surface area contributed by atoms with Crippen molar-refractivity contribution in [3.8, 4) is 0 Å². The van der Waals surface area contributed by atoms with E-state index in [9.17, 15) is 9.59 Å². The first-order valence-corrected chi connectivity index (χ1v) is 7.02. The molecule has 1 atom stereocenters. The average Bonchev–Trinajstić information content (AvgIpc) is 2.53. The Morgan fingerprint density at radius 1 is 1.24 bits per heavy atom. The fourth-order valence-corrected chi connectivity index (χ4v) is 2.82. The number of carboxylic acid groups (broad SMARTS) is 1. The molecule has 21 heavy (non-hydrogen) atoms. The van der Waals surface area contributed by atoms with Gasteiger partial charge in [-0.05, 0) is 31.0 Å². The first-order chi connectivity index (χ1) is 10.2. The normalized spacial score (nSPS) is 18.7. The minimum Gasteiger partial charge on any atom is -0.481 e. The molecular formula is C16H16N2O3. The second kappa shape index (κ2) is 5.52. The number of nitrogens with zero attached hydrogens (tertiary/aromatic N) is 2. The Labute approximate surface area is 122 Å². The molecule has 1 aliphatic rings. The van der Waals surface area contributed by atoms with E-state index in [1.54, 1.807) is 29.3 Å². The summed E-state index contributed by atoms with van der Waals surface area (Å²) in [6, 6.07) is 9.11. The molecule has 0 radical (unpaired) electrons. The first kappa shape index (κ1) is 13.5. The van der Waals surface area contributed by atoms with Crippen molar-refractivity contribution in [3.63, 3.8) is 0 Å². The largest absolute Gasteiger partial charge is 0.481 e. The standard InChI is InChI=1S/C16H16N2O3/c19-15(18-9-3-4-11(10-18)16(20)21)13-5-1-7-14-12(13)6-2-8-17-14/h1-2,5-8,11H,3-4,9-10H2,(H,20,21)/t11-/m0/s1. The Morgan fingerprint density at radius 3 is 2.90 bits per heavy atom. The zero-order chi connectivity index (χ0) is 14.8. The molecule has 3 rings (SSSR count). The molecule has 1 aromatic carbocycles. The van der Waals surface area contributed by atoms with E-state index in [-0.39, 0.29) is 12.5 Å². The van der Waals surface area contributed by atoms with Crippen LogP contribution in [0, 0.1) is 5.92 Å². The van der Waals surface area contributed by atoms with Crippen LogP contribution < -0.4 is 0 Å². The number of piperidine rings is 1. The number of fused-ring (bicyclic) bond motifs is 1. The van der Waals surface area contributed by atoms with Crippen LogP contribution in [0.25, 0.3) is 10.9 Å².